The van der Waals surface area contributed by atoms with Gasteiger partial charge in [-0.1, -0.05) is 97.7 Å². The molecule has 0 aromatic heterocycles. The first-order valence-corrected chi connectivity index (χ1v) is 28.4. The van der Waals surface area contributed by atoms with Crippen LogP contribution in [0, 0.1) is 16.7 Å². The van der Waals surface area contributed by atoms with Gasteiger partial charge >= 0.3 is 11.9 Å². The smallest absolute Gasteiger partial charge is 0.303 e. The molecule has 2 aliphatic heterocycles. The Morgan fingerprint density at radius 1 is 0.605 bits per heavy atom. The first-order valence-electron chi connectivity index (χ1n) is 27.6. The molecule has 4 aliphatic carbocycles. The molecule has 2 spiro atoms. The molecule has 2 saturated heterocycles. The van der Waals surface area contributed by atoms with Crippen molar-refractivity contribution in [2.45, 2.75) is 190 Å². The van der Waals surface area contributed by atoms with E-state index in [1.54, 1.807) is 18.2 Å². The molecule has 10 rings (SSSR count). The van der Waals surface area contributed by atoms with Crippen LogP contribution in [0.3, 0.4) is 0 Å². The van der Waals surface area contributed by atoms with Crippen molar-refractivity contribution in [1.82, 2.24) is 0 Å². The van der Waals surface area contributed by atoms with Gasteiger partial charge in [0.2, 0.25) is 11.6 Å². The summed E-state index contributed by atoms with van der Waals surface area (Å²) in [5.41, 5.74) is 9.32. The minimum absolute atomic E-state index is 0.221. The molecular formula is C62H78Cl2O12. The van der Waals surface area contributed by atoms with Gasteiger partial charge in [0.25, 0.3) is 0 Å². The number of methoxy groups -OCH3 is 2. The summed E-state index contributed by atoms with van der Waals surface area (Å²) in [6.45, 7) is 6.09. The third-order valence-electron chi connectivity index (χ3n) is 18.3. The number of rotatable bonds is 14. The van der Waals surface area contributed by atoms with E-state index in [1.807, 2.05) is 32.0 Å². The lowest BCUT2D eigenvalue weighted by Crippen LogP contribution is -2.64. The third-order valence-corrected chi connectivity index (χ3v) is 19.0. The maximum atomic E-state index is 12.3. The number of hydrogen-bond donors (Lipinski definition) is 4. The molecule has 14 heteroatoms. The number of halogens is 2. The molecule has 4 saturated carbocycles. The zero-order valence-corrected chi connectivity index (χ0v) is 46.5. The second kappa shape index (κ2) is 23.4. The van der Waals surface area contributed by atoms with Crippen molar-refractivity contribution in [3.8, 4) is 0 Å². The number of benzene rings is 4. The standard InChI is InChI=1S/C34H43ClO6.C28H35ClO6/c1-6-30-21(2)31(39-22(3)36)32(40-23(4)37)34(38-5,41-30)28-11-12-29(35)27(20-28)19-24-7-9-25(10-8-24)26-13-15-33(16-14-26)17-18-33;1-34-28(26(33)25(32)24(31)23(16-30)35-28)21-6-7-22(29)20(15-21)14-17-2-4-18(5-3-17)19-8-10-27(11-9-19)12-13-27/h7-12,20-21,26,30-32H,6,13-19H2,1-5H3;2-7,15,19,23-26,30-33H,8-14,16H2,1H3/t21-,30-,31+,32-,34?;23-,24-,25+,26-,28?/m11/s1. The van der Waals surface area contributed by atoms with Gasteiger partial charge in [-0.25, -0.2) is 0 Å². The molecular weight excluding hydrogens is 1010 g/mol. The summed E-state index contributed by atoms with van der Waals surface area (Å²) < 4.78 is 35.7. The molecule has 412 valence electrons. The fourth-order valence-electron chi connectivity index (χ4n) is 13.0. The Morgan fingerprint density at radius 2 is 1.04 bits per heavy atom. The molecule has 10 atom stereocenters. The van der Waals surface area contributed by atoms with Gasteiger partial charge in [-0.15, -0.1) is 0 Å². The van der Waals surface area contributed by atoms with Gasteiger partial charge < -0.3 is 48.8 Å². The van der Waals surface area contributed by atoms with Crippen LogP contribution in [-0.4, -0.2) is 95.9 Å². The zero-order valence-electron chi connectivity index (χ0n) is 45.0. The number of carbonyl (C=O) groups excluding carboxylic acids is 2. The van der Waals surface area contributed by atoms with Crippen molar-refractivity contribution in [3.63, 3.8) is 0 Å². The van der Waals surface area contributed by atoms with Gasteiger partial charge in [-0.05, 0) is 177 Å². The van der Waals surface area contributed by atoms with Crippen LogP contribution in [0.1, 0.15) is 168 Å². The van der Waals surface area contributed by atoms with Crippen molar-refractivity contribution in [2.75, 3.05) is 20.8 Å². The Bertz CT molecular complexity index is 2630. The number of hydrogen-bond acceptors (Lipinski definition) is 12. The number of carbonyl (C=O) groups is 2. The largest absolute Gasteiger partial charge is 0.458 e. The van der Waals surface area contributed by atoms with Gasteiger partial charge in [0, 0.05) is 55.2 Å². The van der Waals surface area contributed by atoms with E-state index in [0.717, 1.165) is 22.3 Å². The highest BCUT2D eigenvalue weighted by molar-refractivity contribution is 6.31. The van der Waals surface area contributed by atoms with Crippen LogP contribution in [0.25, 0.3) is 0 Å². The fraction of sp³-hybridized carbons (Fsp3) is 0.581. The molecule has 0 amide bonds. The minimum Gasteiger partial charge on any atom is -0.458 e. The molecule has 12 nitrogen and oxygen atoms in total. The van der Waals surface area contributed by atoms with Crippen LogP contribution >= 0.6 is 23.2 Å². The topological polar surface area (TPSA) is 170 Å². The average Bonchev–Trinajstić information content (AvgIpc) is 4.44. The second-order valence-electron chi connectivity index (χ2n) is 23.0. The van der Waals surface area contributed by atoms with Crippen LogP contribution in [0.2, 0.25) is 10.0 Å². The average molecular weight is 1090 g/mol. The number of aliphatic hydroxyl groups excluding tert-OH is 4. The van der Waals surface area contributed by atoms with E-state index in [1.165, 1.54) is 116 Å². The van der Waals surface area contributed by atoms with Gasteiger partial charge in [0.15, 0.2) is 6.10 Å². The summed E-state index contributed by atoms with van der Waals surface area (Å²) in [6.07, 6.45) is 10.4. The van der Waals surface area contributed by atoms with E-state index in [2.05, 4.69) is 48.5 Å². The van der Waals surface area contributed by atoms with E-state index >= 15 is 0 Å². The Balaban J connectivity index is 0.000000188. The summed E-state index contributed by atoms with van der Waals surface area (Å²) in [4.78, 5) is 24.4. The van der Waals surface area contributed by atoms with Crippen LogP contribution < -0.4 is 0 Å². The molecule has 0 radical (unpaired) electrons. The summed E-state index contributed by atoms with van der Waals surface area (Å²) in [6, 6.07) is 28.5. The normalized spacial score (nSPS) is 31.5. The van der Waals surface area contributed by atoms with Gasteiger partial charge in [0.1, 0.15) is 30.5 Å². The number of ether oxygens (including phenoxy) is 6. The Labute approximate surface area is 458 Å². The zero-order chi connectivity index (χ0) is 54.2. The Morgan fingerprint density at radius 3 is 1.43 bits per heavy atom. The quantitative estimate of drug-likeness (QED) is 0.0883. The Kier molecular flexibility index (Phi) is 17.5. The monoisotopic (exact) mass is 1080 g/mol. The van der Waals surface area contributed by atoms with Gasteiger partial charge in [-0.3, -0.25) is 9.59 Å². The molecule has 6 fully saturated rings. The van der Waals surface area contributed by atoms with Crippen LogP contribution in [-0.2, 0) is 62.4 Å². The van der Waals surface area contributed by atoms with Crippen molar-refractivity contribution in [2.24, 2.45) is 16.7 Å². The van der Waals surface area contributed by atoms with E-state index < -0.39 is 66.7 Å². The molecule has 2 unspecified atom stereocenters. The van der Waals surface area contributed by atoms with Crippen molar-refractivity contribution >= 4 is 35.1 Å². The molecule has 4 aromatic carbocycles. The lowest BCUT2D eigenvalue weighted by atomic mass is 9.77. The molecule has 6 aliphatic rings. The van der Waals surface area contributed by atoms with E-state index in [4.69, 9.17) is 51.6 Å². The van der Waals surface area contributed by atoms with Crippen LogP contribution in [0.5, 0.6) is 0 Å². The number of aliphatic hydroxyl groups is 4. The summed E-state index contributed by atoms with van der Waals surface area (Å²) in [7, 11) is 2.87. The van der Waals surface area contributed by atoms with Crippen molar-refractivity contribution < 1.29 is 58.4 Å². The highest BCUT2D eigenvalue weighted by Gasteiger charge is 2.59. The van der Waals surface area contributed by atoms with Gasteiger partial charge in [-0.2, -0.15) is 0 Å². The Hall–Kier alpha value is -3.92. The van der Waals surface area contributed by atoms with Crippen molar-refractivity contribution in [3.05, 3.63) is 139 Å². The highest BCUT2D eigenvalue weighted by atomic mass is 35.5. The molecule has 0 bridgehead atoms. The van der Waals surface area contributed by atoms with E-state index in [9.17, 15) is 30.0 Å². The SMILES string of the molecule is CC[C@H]1OC(OC)(c2ccc(Cl)c(Cc3ccc(C4CCC5(CC4)CC5)cc3)c2)[C@H](OC(C)=O)[C@@H](OC(C)=O)[C@@H]1C.COC1(c2ccc(Cl)c(Cc3ccc(C4CCC5(CC4)CC5)cc3)c2)O[C@H](CO)[C@@H](O)[C@H](O)[C@H]1O. The fourth-order valence-corrected chi connectivity index (χ4v) is 13.4. The molecule has 4 aromatic rings. The predicted octanol–water partition coefficient (Wildman–Crippen LogP) is 11.1. The minimum atomic E-state index is -1.75. The first-order chi connectivity index (χ1) is 36.4. The lowest BCUT2D eigenvalue weighted by molar-refractivity contribution is -0.366. The maximum Gasteiger partial charge on any atom is 0.303 e. The van der Waals surface area contributed by atoms with Gasteiger partial charge in [0.05, 0.1) is 12.7 Å². The third kappa shape index (κ3) is 11.8. The lowest BCUT2D eigenvalue weighted by Gasteiger charge is -2.50. The molecule has 4 N–H and O–H groups in total. The van der Waals surface area contributed by atoms with E-state index in [0.29, 0.717) is 63.1 Å². The highest BCUT2D eigenvalue weighted by Crippen LogP contribution is 2.59. The van der Waals surface area contributed by atoms with E-state index in [-0.39, 0.29) is 12.0 Å². The summed E-state index contributed by atoms with van der Waals surface area (Å²) in [5.74, 6) is -3.13. The summed E-state index contributed by atoms with van der Waals surface area (Å²) in [5, 5.41) is 42.2. The summed E-state index contributed by atoms with van der Waals surface area (Å²) >= 11 is 13.3. The molecule has 2 heterocycles. The predicted molar refractivity (Wildman–Crippen MR) is 290 cm³/mol. The maximum absolute atomic E-state index is 12.3. The van der Waals surface area contributed by atoms with Crippen LogP contribution in [0.4, 0.5) is 0 Å². The first kappa shape index (κ1) is 56.8. The van der Waals surface area contributed by atoms with Crippen molar-refractivity contribution in [1.29, 1.82) is 0 Å². The molecule has 76 heavy (non-hydrogen) atoms. The second-order valence-corrected chi connectivity index (χ2v) is 23.8. The van der Waals surface area contributed by atoms with Crippen LogP contribution in [0.15, 0.2) is 84.9 Å². The number of esters is 2.